The van der Waals surface area contributed by atoms with Crippen LogP contribution in [0.2, 0.25) is 0 Å². The van der Waals surface area contributed by atoms with Gasteiger partial charge in [0.05, 0.1) is 25.8 Å². The highest BCUT2D eigenvalue weighted by Crippen LogP contribution is 2.25. The predicted molar refractivity (Wildman–Crippen MR) is 98.2 cm³/mol. The second-order valence-electron chi connectivity index (χ2n) is 4.58. The van der Waals surface area contributed by atoms with Gasteiger partial charge in [0.1, 0.15) is 5.70 Å². The fourth-order valence-electron chi connectivity index (χ4n) is 2.12. The minimum atomic E-state index is -0.545. The quantitative estimate of drug-likeness (QED) is 0.449. The fraction of sp³-hybridized carbons (Fsp3) is 0.286. The van der Waals surface area contributed by atoms with Crippen LogP contribution in [0, 0.1) is 7.14 Å². The lowest BCUT2D eigenvalue weighted by atomic mass is 10.2. The second kappa shape index (κ2) is 7.59. The highest BCUT2D eigenvalue weighted by molar-refractivity contribution is 14.1. The molecular weight excluding hydrogens is 514 g/mol. The van der Waals surface area contributed by atoms with Gasteiger partial charge in [-0.1, -0.05) is 0 Å². The van der Waals surface area contributed by atoms with Gasteiger partial charge in [0.15, 0.2) is 0 Å². The Bertz CT molecular complexity index is 625. The van der Waals surface area contributed by atoms with Gasteiger partial charge in [-0.2, -0.15) is 0 Å². The molecule has 0 saturated heterocycles. The van der Waals surface area contributed by atoms with E-state index in [1.807, 2.05) is 18.2 Å². The van der Waals surface area contributed by atoms with Crippen LogP contribution in [0.25, 0.3) is 0 Å². The minimum absolute atomic E-state index is 0.134. The van der Waals surface area contributed by atoms with Crippen LogP contribution in [0.1, 0.15) is 0 Å². The average Bonchev–Trinajstić information content (AvgIpc) is 2.75. The van der Waals surface area contributed by atoms with Gasteiger partial charge in [0, 0.05) is 19.4 Å². The Morgan fingerprint density at radius 3 is 2.55 bits per heavy atom. The van der Waals surface area contributed by atoms with Gasteiger partial charge in [0.25, 0.3) is 5.91 Å². The minimum Gasteiger partial charge on any atom is -0.466 e. The number of methoxy groups -OCH3 is 1. The Morgan fingerprint density at radius 1 is 1.36 bits per heavy atom. The zero-order valence-electron chi connectivity index (χ0n) is 11.7. The van der Waals surface area contributed by atoms with Gasteiger partial charge < -0.3 is 20.1 Å². The second-order valence-corrected chi connectivity index (χ2v) is 7.07. The third-order valence-electron chi connectivity index (χ3n) is 3.09. The Morgan fingerprint density at radius 2 is 2.00 bits per heavy atom. The molecule has 2 N–H and O–H groups in total. The largest absolute Gasteiger partial charge is 0.466 e. The molecule has 118 valence electrons. The number of aliphatic hydroxyl groups is 1. The van der Waals surface area contributed by atoms with Gasteiger partial charge in [-0.15, -0.1) is 0 Å². The number of nitrogens with zero attached hydrogens (tertiary/aromatic N) is 1. The monoisotopic (exact) mass is 528 g/mol. The summed E-state index contributed by atoms with van der Waals surface area (Å²) in [4.78, 5) is 25.7. The summed E-state index contributed by atoms with van der Waals surface area (Å²) < 4.78 is 6.78. The Balaban J connectivity index is 2.34. The number of ether oxygens (including phenoxy) is 1. The van der Waals surface area contributed by atoms with E-state index >= 15 is 0 Å². The molecule has 22 heavy (non-hydrogen) atoms. The third kappa shape index (κ3) is 3.90. The van der Waals surface area contributed by atoms with Crippen molar-refractivity contribution in [3.05, 3.63) is 36.6 Å². The van der Waals surface area contributed by atoms with Crippen molar-refractivity contribution in [3.63, 3.8) is 0 Å². The lowest BCUT2D eigenvalue weighted by Gasteiger charge is -2.15. The summed E-state index contributed by atoms with van der Waals surface area (Å²) in [5.41, 5.74) is 1.21. The number of carbonyl (C=O) groups excluding carboxylic acids is 2. The topological polar surface area (TPSA) is 78.9 Å². The van der Waals surface area contributed by atoms with Crippen molar-refractivity contribution < 1.29 is 19.4 Å². The van der Waals surface area contributed by atoms with E-state index in [1.54, 1.807) is 0 Å². The van der Waals surface area contributed by atoms with Crippen LogP contribution in [0.4, 0.5) is 5.69 Å². The van der Waals surface area contributed by atoms with Gasteiger partial charge >= 0.3 is 5.97 Å². The van der Waals surface area contributed by atoms with E-state index in [2.05, 4.69) is 50.5 Å². The number of β-amino-alcohol motifs (C(OH)–C–C–N with tert-alkyl or cyclic N) is 1. The molecule has 0 saturated carbocycles. The molecule has 1 aromatic rings. The van der Waals surface area contributed by atoms with Crippen molar-refractivity contribution in [3.8, 4) is 0 Å². The van der Waals surface area contributed by atoms with E-state index in [0.717, 1.165) is 12.8 Å². The van der Waals surface area contributed by atoms with Crippen LogP contribution in [0.3, 0.4) is 0 Å². The molecule has 0 aliphatic carbocycles. The summed E-state index contributed by atoms with van der Waals surface area (Å²) in [6.07, 6.45) is 0. The maximum Gasteiger partial charge on any atom is 0.337 e. The highest BCUT2D eigenvalue weighted by atomic mass is 127. The van der Waals surface area contributed by atoms with Crippen molar-refractivity contribution >= 4 is 62.7 Å². The molecular formula is C14H14I2N2O4. The van der Waals surface area contributed by atoms with E-state index in [1.165, 1.54) is 12.0 Å². The molecule has 1 amide bonds. The van der Waals surface area contributed by atoms with Gasteiger partial charge in [0.2, 0.25) is 0 Å². The number of rotatable bonds is 5. The lowest BCUT2D eigenvalue weighted by Crippen LogP contribution is -2.31. The van der Waals surface area contributed by atoms with E-state index < -0.39 is 5.97 Å². The first-order chi connectivity index (χ1) is 10.5. The van der Waals surface area contributed by atoms with Crippen molar-refractivity contribution in [2.24, 2.45) is 0 Å². The van der Waals surface area contributed by atoms with Crippen LogP contribution in [-0.2, 0) is 14.3 Å². The molecule has 1 aliphatic heterocycles. The molecule has 0 aromatic heterocycles. The normalized spacial score (nSPS) is 14.5. The van der Waals surface area contributed by atoms with Crippen molar-refractivity contribution in [1.29, 1.82) is 0 Å². The predicted octanol–water partition coefficient (Wildman–Crippen LogP) is 1.57. The standard InChI is InChI=1S/C14H14I2N2O4/c1-22-14(21)11-7-18(2-3-19)13(20)12(11)17-10-5-8(15)4-9(16)6-10/h4-6,17,19H,2-3,7H2,1H3. The summed E-state index contributed by atoms with van der Waals surface area (Å²) in [5, 5.41) is 12.0. The number of benzene rings is 1. The number of nitrogens with one attached hydrogen (secondary N) is 1. The molecule has 8 heteroatoms. The van der Waals surface area contributed by atoms with Gasteiger partial charge in [-0.05, 0) is 63.4 Å². The van der Waals surface area contributed by atoms with Crippen LogP contribution in [0.15, 0.2) is 29.5 Å². The van der Waals surface area contributed by atoms with Crippen LogP contribution < -0.4 is 5.32 Å². The molecule has 2 rings (SSSR count). The Hall–Kier alpha value is -0.880. The molecule has 0 spiro atoms. The number of esters is 1. The maximum absolute atomic E-state index is 12.4. The fourth-order valence-corrected chi connectivity index (χ4v) is 4.06. The molecule has 6 nitrogen and oxygen atoms in total. The molecule has 0 unspecified atom stereocenters. The van der Waals surface area contributed by atoms with Gasteiger partial charge in [-0.25, -0.2) is 4.79 Å². The molecule has 0 fully saturated rings. The number of hydrogen-bond donors (Lipinski definition) is 2. The number of carbonyl (C=O) groups is 2. The van der Waals surface area contributed by atoms with Crippen LogP contribution in [-0.4, -0.2) is 48.7 Å². The van der Waals surface area contributed by atoms with E-state index in [-0.39, 0.29) is 36.9 Å². The van der Waals surface area contributed by atoms with Crippen molar-refractivity contribution in [1.82, 2.24) is 4.90 Å². The summed E-state index contributed by atoms with van der Waals surface area (Å²) in [5.74, 6) is -0.861. The SMILES string of the molecule is COC(=O)C1=C(Nc2cc(I)cc(I)c2)C(=O)N(CCO)C1. The number of anilines is 1. The Kier molecular flexibility index (Phi) is 6.03. The zero-order chi connectivity index (χ0) is 16.3. The van der Waals surface area contributed by atoms with E-state index in [0.29, 0.717) is 0 Å². The molecule has 0 radical (unpaired) electrons. The molecule has 0 bridgehead atoms. The first-order valence-corrected chi connectivity index (χ1v) is 8.56. The van der Waals surface area contributed by atoms with Gasteiger partial charge in [-0.3, -0.25) is 4.79 Å². The average molecular weight is 528 g/mol. The molecule has 0 atom stereocenters. The summed E-state index contributed by atoms with van der Waals surface area (Å²) in [6, 6.07) is 5.76. The zero-order valence-corrected chi connectivity index (χ0v) is 16.0. The molecule has 1 aliphatic rings. The number of aliphatic hydroxyl groups excluding tert-OH is 1. The first kappa shape index (κ1) is 17.5. The molecule has 1 heterocycles. The van der Waals surface area contributed by atoms with Crippen LogP contribution in [0.5, 0.6) is 0 Å². The Labute approximate surface area is 155 Å². The first-order valence-electron chi connectivity index (χ1n) is 6.41. The van der Waals surface area contributed by atoms with Crippen LogP contribution >= 0.6 is 45.2 Å². The maximum atomic E-state index is 12.4. The lowest BCUT2D eigenvalue weighted by molar-refractivity contribution is -0.136. The number of halogens is 2. The summed E-state index contributed by atoms with van der Waals surface area (Å²) in [6.45, 7) is 0.151. The highest BCUT2D eigenvalue weighted by Gasteiger charge is 2.34. The molecule has 1 aromatic carbocycles. The third-order valence-corrected chi connectivity index (χ3v) is 4.33. The smallest absolute Gasteiger partial charge is 0.337 e. The van der Waals surface area contributed by atoms with Crippen molar-refractivity contribution in [2.75, 3.05) is 32.1 Å². The summed E-state index contributed by atoms with van der Waals surface area (Å²) in [7, 11) is 1.28. The number of amides is 1. The van der Waals surface area contributed by atoms with E-state index in [9.17, 15) is 9.59 Å². The summed E-state index contributed by atoms with van der Waals surface area (Å²) >= 11 is 4.37. The van der Waals surface area contributed by atoms with Crippen molar-refractivity contribution in [2.45, 2.75) is 0 Å². The number of hydrogen-bond acceptors (Lipinski definition) is 5. The van der Waals surface area contributed by atoms with E-state index in [4.69, 9.17) is 9.84 Å².